The van der Waals surface area contributed by atoms with Crippen molar-refractivity contribution in [3.05, 3.63) is 23.8 Å². The van der Waals surface area contributed by atoms with E-state index in [1.807, 2.05) is 19.2 Å². The third-order valence-corrected chi connectivity index (χ3v) is 4.29. The standard InChI is InChI=1S/C16H21N3O4S/c1-10-4-5-13(23-2)12(8-10)17-14(20)9-19-15(21)11(6-7-24-3)18-16(19)22/h4-5,8,11H,6-7,9H2,1-3H3,(H,17,20)(H,18,22). The Labute approximate surface area is 145 Å². The van der Waals surface area contributed by atoms with Crippen molar-refractivity contribution in [1.29, 1.82) is 0 Å². The van der Waals surface area contributed by atoms with Gasteiger partial charge in [0.15, 0.2) is 0 Å². The smallest absolute Gasteiger partial charge is 0.325 e. The highest BCUT2D eigenvalue weighted by molar-refractivity contribution is 7.98. The van der Waals surface area contributed by atoms with Gasteiger partial charge < -0.3 is 15.4 Å². The summed E-state index contributed by atoms with van der Waals surface area (Å²) in [4.78, 5) is 37.3. The fourth-order valence-corrected chi connectivity index (χ4v) is 2.88. The van der Waals surface area contributed by atoms with Gasteiger partial charge >= 0.3 is 6.03 Å². The van der Waals surface area contributed by atoms with Gasteiger partial charge in [0.2, 0.25) is 5.91 Å². The first kappa shape index (κ1) is 18.1. The Bertz CT molecular complexity index is 650. The SMILES string of the molecule is COc1ccc(C)cc1NC(=O)CN1C(=O)NC(CCSC)C1=O. The summed E-state index contributed by atoms with van der Waals surface area (Å²) in [6.45, 7) is 1.57. The Balaban J connectivity index is 2.01. The van der Waals surface area contributed by atoms with Crippen molar-refractivity contribution in [3.8, 4) is 5.75 Å². The molecule has 0 aliphatic carbocycles. The van der Waals surface area contributed by atoms with Crippen LogP contribution in [0.3, 0.4) is 0 Å². The third kappa shape index (κ3) is 4.19. The van der Waals surface area contributed by atoms with Crippen LogP contribution in [0.5, 0.6) is 5.75 Å². The van der Waals surface area contributed by atoms with Crippen molar-refractivity contribution in [1.82, 2.24) is 10.2 Å². The summed E-state index contributed by atoms with van der Waals surface area (Å²) in [5.41, 5.74) is 1.46. The molecule has 2 N–H and O–H groups in total. The zero-order chi connectivity index (χ0) is 17.7. The van der Waals surface area contributed by atoms with Gasteiger partial charge in [0.25, 0.3) is 5.91 Å². The van der Waals surface area contributed by atoms with E-state index in [1.54, 1.807) is 23.9 Å². The van der Waals surface area contributed by atoms with Gasteiger partial charge in [-0.1, -0.05) is 6.07 Å². The molecular weight excluding hydrogens is 330 g/mol. The van der Waals surface area contributed by atoms with E-state index in [4.69, 9.17) is 4.74 Å². The van der Waals surface area contributed by atoms with Crippen LogP contribution in [-0.2, 0) is 9.59 Å². The zero-order valence-corrected chi connectivity index (χ0v) is 14.7. The average molecular weight is 351 g/mol. The highest BCUT2D eigenvalue weighted by Gasteiger charge is 2.38. The molecule has 1 fully saturated rings. The number of methoxy groups -OCH3 is 1. The highest BCUT2D eigenvalue weighted by atomic mass is 32.2. The molecule has 0 aromatic heterocycles. The number of ether oxygens (including phenoxy) is 1. The van der Waals surface area contributed by atoms with Crippen molar-refractivity contribution < 1.29 is 19.1 Å². The van der Waals surface area contributed by atoms with E-state index in [1.165, 1.54) is 7.11 Å². The Morgan fingerprint density at radius 3 is 2.83 bits per heavy atom. The number of hydrogen-bond donors (Lipinski definition) is 2. The maximum absolute atomic E-state index is 12.2. The van der Waals surface area contributed by atoms with Crippen molar-refractivity contribution in [3.63, 3.8) is 0 Å². The summed E-state index contributed by atoms with van der Waals surface area (Å²) < 4.78 is 5.20. The molecule has 7 nitrogen and oxygen atoms in total. The quantitative estimate of drug-likeness (QED) is 0.729. The van der Waals surface area contributed by atoms with Gasteiger partial charge in [-0.25, -0.2) is 4.79 Å². The summed E-state index contributed by atoms with van der Waals surface area (Å²) in [5, 5.41) is 5.30. The molecule has 1 aliphatic rings. The molecule has 1 aliphatic heterocycles. The maximum Gasteiger partial charge on any atom is 0.325 e. The second-order valence-electron chi connectivity index (χ2n) is 5.46. The van der Waals surface area contributed by atoms with Crippen LogP contribution >= 0.6 is 11.8 Å². The number of benzene rings is 1. The number of nitrogens with one attached hydrogen (secondary N) is 2. The fourth-order valence-electron chi connectivity index (χ4n) is 2.41. The van der Waals surface area contributed by atoms with Gasteiger partial charge in [0.1, 0.15) is 18.3 Å². The Morgan fingerprint density at radius 1 is 1.42 bits per heavy atom. The Kier molecular flexibility index (Phi) is 6.08. The number of imide groups is 1. The number of nitrogens with zero attached hydrogens (tertiary/aromatic N) is 1. The summed E-state index contributed by atoms with van der Waals surface area (Å²) in [6, 6.07) is 4.30. The molecule has 2 rings (SSSR count). The molecule has 4 amide bonds. The predicted molar refractivity (Wildman–Crippen MR) is 93.4 cm³/mol. The van der Waals surface area contributed by atoms with E-state index < -0.39 is 18.0 Å². The van der Waals surface area contributed by atoms with E-state index >= 15 is 0 Å². The summed E-state index contributed by atoms with van der Waals surface area (Å²) in [5.74, 6) is 0.467. The first-order valence-corrected chi connectivity index (χ1v) is 8.91. The Morgan fingerprint density at radius 2 is 2.17 bits per heavy atom. The number of rotatable bonds is 7. The monoisotopic (exact) mass is 351 g/mol. The minimum Gasteiger partial charge on any atom is -0.495 e. The normalized spacial score (nSPS) is 17.0. The lowest BCUT2D eigenvalue weighted by Gasteiger charge is -2.15. The van der Waals surface area contributed by atoms with E-state index in [0.29, 0.717) is 17.9 Å². The average Bonchev–Trinajstić information content (AvgIpc) is 2.80. The number of carbonyl (C=O) groups excluding carboxylic acids is 3. The summed E-state index contributed by atoms with van der Waals surface area (Å²) in [7, 11) is 1.51. The first-order chi connectivity index (χ1) is 11.5. The molecule has 24 heavy (non-hydrogen) atoms. The molecule has 1 unspecified atom stereocenters. The zero-order valence-electron chi connectivity index (χ0n) is 13.9. The van der Waals surface area contributed by atoms with Gasteiger partial charge in [-0.15, -0.1) is 0 Å². The number of aryl methyl sites for hydroxylation is 1. The van der Waals surface area contributed by atoms with Crippen molar-refractivity contribution in [2.75, 3.05) is 31.0 Å². The van der Waals surface area contributed by atoms with Gasteiger partial charge in [-0.2, -0.15) is 11.8 Å². The number of thioether (sulfide) groups is 1. The third-order valence-electron chi connectivity index (χ3n) is 3.65. The van der Waals surface area contributed by atoms with Crippen LogP contribution in [-0.4, -0.2) is 54.5 Å². The fraction of sp³-hybridized carbons (Fsp3) is 0.438. The van der Waals surface area contributed by atoms with Crippen LogP contribution in [0.25, 0.3) is 0 Å². The van der Waals surface area contributed by atoms with Crippen LogP contribution in [0.15, 0.2) is 18.2 Å². The first-order valence-electron chi connectivity index (χ1n) is 7.51. The minimum absolute atomic E-state index is 0.322. The molecule has 1 saturated heterocycles. The van der Waals surface area contributed by atoms with Gasteiger partial charge in [-0.3, -0.25) is 14.5 Å². The molecule has 1 atom stereocenters. The van der Waals surface area contributed by atoms with Crippen molar-refractivity contribution in [2.24, 2.45) is 0 Å². The lowest BCUT2D eigenvalue weighted by Crippen LogP contribution is -2.38. The van der Waals surface area contributed by atoms with E-state index in [0.717, 1.165) is 16.2 Å². The van der Waals surface area contributed by atoms with Gasteiger partial charge in [0, 0.05) is 0 Å². The molecule has 1 heterocycles. The molecule has 8 heteroatoms. The number of amides is 4. The number of urea groups is 1. The molecule has 0 bridgehead atoms. The van der Waals surface area contributed by atoms with Crippen LogP contribution in [0.4, 0.5) is 10.5 Å². The van der Waals surface area contributed by atoms with E-state index in [2.05, 4.69) is 10.6 Å². The van der Waals surface area contributed by atoms with Crippen LogP contribution in [0, 0.1) is 6.92 Å². The van der Waals surface area contributed by atoms with Gasteiger partial charge in [0.05, 0.1) is 12.8 Å². The second-order valence-corrected chi connectivity index (χ2v) is 6.45. The molecule has 0 spiro atoms. The van der Waals surface area contributed by atoms with Crippen LogP contribution < -0.4 is 15.4 Å². The van der Waals surface area contributed by atoms with Crippen LogP contribution in [0.2, 0.25) is 0 Å². The lowest BCUT2D eigenvalue weighted by atomic mass is 10.2. The second kappa shape index (κ2) is 8.05. The number of carbonyl (C=O) groups is 3. The Hall–Kier alpha value is -2.22. The molecule has 1 aromatic rings. The molecule has 1 aromatic carbocycles. The summed E-state index contributed by atoms with van der Waals surface area (Å²) in [6.07, 6.45) is 2.48. The maximum atomic E-state index is 12.2. The molecule has 0 radical (unpaired) electrons. The highest BCUT2D eigenvalue weighted by Crippen LogP contribution is 2.25. The largest absolute Gasteiger partial charge is 0.495 e. The molecular formula is C16H21N3O4S. The summed E-state index contributed by atoms with van der Waals surface area (Å²) >= 11 is 1.60. The predicted octanol–water partition coefficient (Wildman–Crippen LogP) is 1.62. The molecule has 0 saturated carbocycles. The number of anilines is 1. The van der Waals surface area contributed by atoms with Crippen molar-refractivity contribution >= 4 is 35.3 Å². The number of hydrogen-bond acceptors (Lipinski definition) is 5. The van der Waals surface area contributed by atoms with Crippen molar-refractivity contribution in [2.45, 2.75) is 19.4 Å². The van der Waals surface area contributed by atoms with Crippen LogP contribution in [0.1, 0.15) is 12.0 Å². The lowest BCUT2D eigenvalue weighted by molar-refractivity contribution is -0.130. The van der Waals surface area contributed by atoms with Gasteiger partial charge in [-0.05, 0) is 43.0 Å². The van der Waals surface area contributed by atoms with E-state index in [-0.39, 0.29) is 12.5 Å². The minimum atomic E-state index is -0.550. The van der Waals surface area contributed by atoms with E-state index in [9.17, 15) is 14.4 Å². The molecule has 130 valence electrons. The topological polar surface area (TPSA) is 87.7 Å².